The highest BCUT2D eigenvalue weighted by Crippen LogP contribution is 2.26. The summed E-state index contributed by atoms with van der Waals surface area (Å²) < 4.78 is 0. The summed E-state index contributed by atoms with van der Waals surface area (Å²) >= 11 is 0. The molecule has 2 heteroatoms. The summed E-state index contributed by atoms with van der Waals surface area (Å²) in [6, 6.07) is 18.5. The van der Waals surface area contributed by atoms with Crippen LogP contribution in [0.3, 0.4) is 0 Å². The molecule has 0 saturated heterocycles. The number of aryl methyl sites for hydroxylation is 1. The monoisotopic (exact) mass is 234 g/mol. The van der Waals surface area contributed by atoms with Crippen molar-refractivity contribution in [2.45, 2.75) is 6.92 Å². The zero-order valence-electron chi connectivity index (χ0n) is 10.2. The largest absolute Gasteiger partial charge is 0.353 e. The number of nitrogens with one attached hydrogen (secondary N) is 1. The Bertz CT molecular complexity index is 639. The first kappa shape index (κ1) is 10.8. The lowest BCUT2D eigenvalue weighted by atomic mass is 10.1. The SMILES string of the molecule is Cc1cc(-c2ccccc2)[nH]c1-c1ccccn1. The molecule has 1 aromatic carbocycles. The molecule has 0 fully saturated rings. The van der Waals surface area contributed by atoms with Gasteiger partial charge in [-0.1, -0.05) is 36.4 Å². The average molecular weight is 234 g/mol. The van der Waals surface area contributed by atoms with Crippen molar-refractivity contribution >= 4 is 0 Å². The molecule has 88 valence electrons. The van der Waals surface area contributed by atoms with Gasteiger partial charge < -0.3 is 4.98 Å². The van der Waals surface area contributed by atoms with Crippen LogP contribution in [0.1, 0.15) is 5.56 Å². The van der Waals surface area contributed by atoms with Crippen LogP contribution in [0.25, 0.3) is 22.6 Å². The van der Waals surface area contributed by atoms with Crippen LogP contribution in [0.15, 0.2) is 60.8 Å². The molecule has 0 atom stereocenters. The fraction of sp³-hybridized carbons (Fsp3) is 0.0625. The number of benzene rings is 1. The number of rotatable bonds is 2. The van der Waals surface area contributed by atoms with Gasteiger partial charge in [-0.25, -0.2) is 0 Å². The summed E-state index contributed by atoms with van der Waals surface area (Å²) in [7, 11) is 0. The normalized spacial score (nSPS) is 10.5. The summed E-state index contributed by atoms with van der Waals surface area (Å²) in [6.07, 6.45) is 1.82. The maximum absolute atomic E-state index is 4.39. The average Bonchev–Trinajstić information content (AvgIpc) is 2.83. The van der Waals surface area contributed by atoms with Crippen LogP contribution in [0, 0.1) is 6.92 Å². The van der Waals surface area contributed by atoms with E-state index in [1.54, 1.807) is 0 Å². The maximum atomic E-state index is 4.39. The molecule has 0 aliphatic carbocycles. The van der Waals surface area contributed by atoms with Crippen LogP contribution in [0.4, 0.5) is 0 Å². The third-order valence-electron chi connectivity index (χ3n) is 3.02. The number of aromatic nitrogens is 2. The van der Waals surface area contributed by atoms with Crippen LogP contribution in [-0.4, -0.2) is 9.97 Å². The van der Waals surface area contributed by atoms with E-state index in [1.165, 1.54) is 11.1 Å². The predicted octanol–water partition coefficient (Wildman–Crippen LogP) is 4.05. The molecule has 0 bridgehead atoms. The number of nitrogens with zero attached hydrogens (tertiary/aromatic N) is 1. The highest BCUT2D eigenvalue weighted by atomic mass is 14.8. The van der Waals surface area contributed by atoms with E-state index >= 15 is 0 Å². The van der Waals surface area contributed by atoms with E-state index in [0.29, 0.717) is 0 Å². The van der Waals surface area contributed by atoms with E-state index in [4.69, 9.17) is 0 Å². The number of H-pyrrole nitrogens is 1. The number of aromatic amines is 1. The molecule has 0 saturated carbocycles. The minimum Gasteiger partial charge on any atom is -0.353 e. The van der Waals surface area contributed by atoms with Crippen molar-refractivity contribution in [1.29, 1.82) is 0 Å². The van der Waals surface area contributed by atoms with Crippen LogP contribution in [-0.2, 0) is 0 Å². The topological polar surface area (TPSA) is 28.7 Å². The fourth-order valence-corrected chi connectivity index (χ4v) is 2.11. The van der Waals surface area contributed by atoms with E-state index < -0.39 is 0 Å². The highest BCUT2D eigenvalue weighted by Gasteiger charge is 2.08. The lowest BCUT2D eigenvalue weighted by molar-refractivity contribution is 1.27. The molecule has 0 radical (unpaired) electrons. The molecule has 18 heavy (non-hydrogen) atoms. The fourth-order valence-electron chi connectivity index (χ4n) is 2.11. The molecule has 3 aromatic rings. The zero-order valence-corrected chi connectivity index (χ0v) is 10.2. The molecule has 2 nitrogen and oxygen atoms in total. The van der Waals surface area contributed by atoms with Gasteiger partial charge in [-0.3, -0.25) is 4.98 Å². The van der Waals surface area contributed by atoms with Crippen molar-refractivity contribution in [2.75, 3.05) is 0 Å². The zero-order chi connectivity index (χ0) is 12.4. The number of hydrogen-bond donors (Lipinski definition) is 1. The summed E-state index contributed by atoms with van der Waals surface area (Å²) in [5.41, 5.74) is 5.62. The lowest BCUT2D eigenvalue weighted by Gasteiger charge is -1.99. The summed E-state index contributed by atoms with van der Waals surface area (Å²) in [4.78, 5) is 7.84. The lowest BCUT2D eigenvalue weighted by Crippen LogP contribution is -1.84. The van der Waals surface area contributed by atoms with Gasteiger partial charge in [-0.05, 0) is 36.2 Å². The standard InChI is InChI=1S/C16H14N2/c1-12-11-15(13-7-3-2-4-8-13)18-16(12)14-9-5-6-10-17-14/h2-11,18H,1H3. The van der Waals surface area contributed by atoms with E-state index in [0.717, 1.165) is 17.1 Å². The molecule has 0 aliphatic heterocycles. The van der Waals surface area contributed by atoms with Crippen LogP contribution >= 0.6 is 0 Å². The Kier molecular flexibility index (Phi) is 2.69. The van der Waals surface area contributed by atoms with Gasteiger partial charge in [0.15, 0.2) is 0 Å². The van der Waals surface area contributed by atoms with Gasteiger partial charge in [0.05, 0.1) is 11.4 Å². The van der Waals surface area contributed by atoms with Gasteiger partial charge in [0.2, 0.25) is 0 Å². The minimum absolute atomic E-state index is 0.984. The van der Waals surface area contributed by atoms with Gasteiger partial charge in [-0.2, -0.15) is 0 Å². The third kappa shape index (κ3) is 1.93. The number of pyridine rings is 1. The van der Waals surface area contributed by atoms with Crippen LogP contribution in [0.2, 0.25) is 0 Å². The van der Waals surface area contributed by atoms with Crippen molar-refractivity contribution in [1.82, 2.24) is 9.97 Å². The van der Waals surface area contributed by atoms with Crippen molar-refractivity contribution in [3.8, 4) is 22.6 Å². The maximum Gasteiger partial charge on any atom is 0.0867 e. The highest BCUT2D eigenvalue weighted by molar-refractivity contribution is 5.69. The van der Waals surface area contributed by atoms with Crippen LogP contribution < -0.4 is 0 Å². The molecule has 2 heterocycles. The summed E-state index contributed by atoms with van der Waals surface area (Å²) in [5, 5.41) is 0. The van der Waals surface area contributed by atoms with E-state index in [9.17, 15) is 0 Å². The van der Waals surface area contributed by atoms with Gasteiger partial charge in [0, 0.05) is 11.9 Å². The molecular formula is C16H14N2. The first-order chi connectivity index (χ1) is 8.84. The second-order valence-corrected chi connectivity index (χ2v) is 4.32. The van der Waals surface area contributed by atoms with Gasteiger partial charge in [-0.15, -0.1) is 0 Å². The molecule has 2 aromatic heterocycles. The van der Waals surface area contributed by atoms with Crippen molar-refractivity contribution in [2.24, 2.45) is 0 Å². The van der Waals surface area contributed by atoms with E-state index in [-0.39, 0.29) is 0 Å². The second kappa shape index (κ2) is 4.49. The first-order valence-electron chi connectivity index (χ1n) is 6.01. The predicted molar refractivity (Wildman–Crippen MR) is 74.2 cm³/mol. The quantitative estimate of drug-likeness (QED) is 0.712. The Morgan fingerprint density at radius 2 is 1.72 bits per heavy atom. The second-order valence-electron chi connectivity index (χ2n) is 4.32. The molecular weight excluding hydrogens is 220 g/mol. The number of hydrogen-bond acceptors (Lipinski definition) is 1. The Morgan fingerprint density at radius 1 is 0.944 bits per heavy atom. The Hall–Kier alpha value is -2.35. The molecule has 0 spiro atoms. The Balaban J connectivity index is 2.07. The molecule has 1 N–H and O–H groups in total. The molecule has 0 aliphatic rings. The Labute approximate surface area is 106 Å². The van der Waals surface area contributed by atoms with Gasteiger partial charge >= 0.3 is 0 Å². The molecule has 3 rings (SSSR count). The van der Waals surface area contributed by atoms with Crippen molar-refractivity contribution < 1.29 is 0 Å². The Morgan fingerprint density at radius 3 is 2.44 bits per heavy atom. The third-order valence-corrected chi connectivity index (χ3v) is 3.02. The van der Waals surface area contributed by atoms with E-state index in [1.807, 2.05) is 42.6 Å². The van der Waals surface area contributed by atoms with Gasteiger partial charge in [0.1, 0.15) is 0 Å². The summed E-state index contributed by atoms with van der Waals surface area (Å²) in [6.45, 7) is 2.10. The molecule has 0 amide bonds. The van der Waals surface area contributed by atoms with E-state index in [2.05, 4.69) is 35.1 Å². The van der Waals surface area contributed by atoms with Crippen molar-refractivity contribution in [3.63, 3.8) is 0 Å². The molecule has 0 unspecified atom stereocenters. The minimum atomic E-state index is 0.984. The van der Waals surface area contributed by atoms with Crippen molar-refractivity contribution in [3.05, 3.63) is 66.4 Å². The van der Waals surface area contributed by atoms with Crippen LogP contribution in [0.5, 0.6) is 0 Å². The first-order valence-corrected chi connectivity index (χ1v) is 6.01. The smallest absolute Gasteiger partial charge is 0.0867 e. The van der Waals surface area contributed by atoms with Gasteiger partial charge in [0.25, 0.3) is 0 Å². The summed E-state index contributed by atoms with van der Waals surface area (Å²) in [5.74, 6) is 0.